The molecule has 1 aliphatic rings. The lowest BCUT2D eigenvalue weighted by Gasteiger charge is -2.05. The molecular formula is C17H24. The van der Waals surface area contributed by atoms with E-state index in [4.69, 9.17) is 0 Å². The molecule has 0 aliphatic heterocycles. The molecule has 1 aromatic rings. The van der Waals surface area contributed by atoms with Crippen LogP contribution in [-0.4, -0.2) is 0 Å². The first-order chi connectivity index (χ1) is 8.24. The topological polar surface area (TPSA) is 0 Å². The van der Waals surface area contributed by atoms with E-state index in [2.05, 4.69) is 44.2 Å². The molecule has 92 valence electrons. The normalized spacial score (nSPS) is 20.2. The van der Waals surface area contributed by atoms with Crippen molar-refractivity contribution in [2.24, 2.45) is 0 Å². The second kappa shape index (κ2) is 7.11. The van der Waals surface area contributed by atoms with E-state index in [-0.39, 0.29) is 0 Å². The van der Waals surface area contributed by atoms with Crippen molar-refractivity contribution in [3.8, 4) is 0 Å². The van der Waals surface area contributed by atoms with Crippen LogP contribution in [-0.2, 0) is 6.42 Å². The van der Waals surface area contributed by atoms with Crippen molar-refractivity contribution >= 4 is 0 Å². The lowest BCUT2D eigenvalue weighted by atomic mass is 10.00. The number of allylic oxidation sites excluding steroid dienone is 4. The number of hydrogen-bond donors (Lipinski definition) is 0. The quantitative estimate of drug-likeness (QED) is 0.575. The average molecular weight is 228 g/mol. The van der Waals surface area contributed by atoms with E-state index in [1.165, 1.54) is 17.5 Å². The molecule has 1 aromatic carbocycles. The van der Waals surface area contributed by atoms with Crippen LogP contribution >= 0.6 is 0 Å². The SMILES string of the molecule is C/C=C/C.CC/C=C1\Cc2ccccc2C1C. The summed E-state index contributed by atoms with van der Waals surface area (Å²) in [4.78, 5) is 0. The summed E-state index contributed by atoms with van der Waals surface area (Å²) in [5.74, 6) is 0.649. The van der Waals surface area contributed by atoms with Gasteiger partial charge in [-0.2, -0.15) is 0 Å². The van der Waals surface area contributed by atoms with Crippen LogP contribution < -0.4 is 0 Å². The minimum Gasteiger partial charge on any atom is -0.0919 e. The van der Waals surface area contributed by atoms with Crippen LogP contribution in [0.2, 0.25) is 0 Å². The molecule has 0 heteroatoms. The molecule has 0 N–H and O–H groups in total. The second-order valence-electron chi connectivity index (χ2n) is 4.45. The van der Waals surface area contributed by atoms with E-state index < -0.39 is 0 Å². The lowest BCUT2D eigenvalue weighted by Crippen LogP contribution is -1.88. The Balaban J connectivity index is 0.000000317. The van der Waals surface area contributed by atoms with E-state index >= 15 is 0 Å². The summed E-state index contributed by atoms with van der Waals surface area (Å²) in [5.41, 5.74) is 4.65. The third-order valence-corrected chi connectivity index (χ3v) is 3.27. The first-order valence-electron chi connectivity index (χ1n) is 6.58. The van der Waals surface area contributed by atoms with Gasteiger partial charge in [0.25, 0.3) is 0 Å². The van der Waals surface area contributed by atoms with Gasteiger partial charge in [0.2, 0.25) is 0 Å². The molecule has 1 aliphatic carbocycles. The molecule has 0 saturated carbocycles. The average Bonchev–Trinajstić information content (AvgIpc) is 2.68. The Morgan fingerprint density at radius 2 is 1.82 bits per heavy atom. The molecule has 0 radical (unpaired) electrons. The van der Waals surface area contributed by atoms with Gasteiger partial charge in [-0.1, -0.05) is 61.9 Å². The van der Waals surface area contributed by atoms with E-state index in [0.29, 0.717) is 5.92 Å². The molecule has 0 spiro atoms. The van der Waals surface area contributed by atoms with Crippen LogP contribution in [0.4, 0.5) is 0 Å². The predicted octanol–water partition coefficient (Wildman–Crippen LogP) is 5.27. The zero-order valence-electron chi connectivity index (χ0n) is 11.5. The highest BCUT2D eigenvalue weighted by Gasteiger charge is 2.21. The van der Waals surface area contributed by atoms with Crippen molar-refractivity contribution in [1.29, 1.82) is 0 Å². The standard InChI is InChI=1S/C13H16.C4H8/c1-3-6-11-9-12-7-4-5-8-13(12)10(11)2;1-3-4-2/h4-8,10H,3,9H2,1-2H3;3-4H,1-2H3/b11-6+;4-3+. The maximum absolute atomic E-state index is 2.38. The number of rotatable bonds is 1. The molecule has 0 saturated heterocycles. The van der Waals surface area contributed by atoms with E-state index in [1.807, 2.05) is 26.0 Å². The summed E-state index contributed by atoms with van der Waals surface area (Å²) < 4.78 is 0. The van der Waals surface area contributed by atoms with Gasteiger partial charge in [0.1, 0.15) is 0 Å². The third-order valence-electron chi connectivity index (χ3n) is 3.27. The van der Waals surface area contributed by atoms with Gasteiger partial charge in [-0.3, -0.25) is 0 Å². The molecule has 0 heterocycles. The van der Waals surface area contributed by atoms with Gasteiger partial charge in [-0.25, -0.2) is 0 Å². The van der Waals surface area contributed by atoms with Gasteiger partial charge in [0.05, 0.1) is 0 Å². The highest BCUT2D eigenvalue weighted by molar-refractivity contribution is 5.44. The fourth-order valence-electron chi connectivity index (χ4n) is 2.20. The second-order valence-corrected chi connectivity index (χ2v) is 4.45. The summed E-state index contributed by atoms with van der Waals surface area (Å²) in [6.07, 6.45) is 8.71. The van der Waals surface area contributed by atoms with Gasteiger partial charge < -0.3 is 0 Å². The molecule has 0 nitrogen and oxygen atoms in total. The molecule has 2 rings (SSSR count). The zero-order chi connectivity index (χ0) is 12.7. The molecular weight excluding hydrogens is 204 g/mol. The Morgan fingerprint density at radius 3 is 2.35 bits per heavy atom. The van der Waals surface area contributed by atoms with Gasteiger partial charge in [0.15, 0.2) is 0 Å². The van der Waals surface area contributed by atoms with Crippen LogP contribution in [0.15, 0.2) is 48.1 Å². The van der Waals surface area contributed by atoms with Crippen molar-refractivity contribution in [2.45, 2.75) is 46.5 Å². The summed E-state index contributed by atoms with van der Waals surface area (Å²) in [5, 5.41) is 0. The molecule has 0 fully saturated rings. The first-order valence-corrected chi connectivity index (χ1v) is 6.58. The van der Waals surface area contributed by atoms with Crippen molar-refractivity contribution in [2.75, 3.05) is 0 Å². The van der Waals surface area contributed by atoms with Crippen LogP contribution in [0.25, 0.3) is 0 Å². The zero-order valence-corrected chi connectivity index (χ0v) is 11.5. The minimum atomic E-state index is 0.649. The van der Waals surface area contributed by atoms with E-state index in [0.717, 1.165) is 6.42 Å². The van der Waals surface area contributed by atoms with Crippen LogP contribution in [0, 0.1) is 0 Å². The van der Waals surface area contributed by atoms with Crippen molar-refractivity contribution in [1.82, 2.24) is 0 Å². The Kier molecular flexibility index (Phi) is 5.76. The van der Waals surface area contributed by atoms with Crippen molar-refractivity contribution < 1.29 is 0 Å². The highest BCUT2D eigenvalue weighted by atomic mass is 14.3. The van der Waals surface area contributed by atoms with Gasteiger partial charge in [0, 0.05) is 5.92 Å². The van der Waals surface area contributed by atoms with Crippen LogP contribution in [0.1, 0.15) is 51.2 Å². The maximum Gasteiger partial charge on any atom is 0.00259 e. The Hall–Kier alpha value is -1.30. The molecule has 0 aromatic heterocycles. The van der Waals surface area contributed by atoms with Gasteiger partial charge in [-0.05, 0) is 37.8 Å². The summed E-state index contributed by atoms with van der Waals surface area (Å²) >= 11 is 0. The smallest absolute Gasteiger partial charge is 0.00259 e. The molecule has 0 bridgehead atoms. The first kappa shape index (κ1) is 13.8. The molecule has 1 atom stereocenters. The highest BCUT2D eigenvalue weighted by Crippen LogP contribution is 2.36. The van der Waals surface area contributed by atoms with Crippen molar-refractivity contribution in [3.63, 3.8) is 0 Å². The molecule has 17 heavy (non-hydrogen) atoms. The third kappa shape index (κ3) is 3.59. The lowest BCUT2D eigenvalue weighted by molar-refractivity contribution is 0.911. The van der Waals surface area contributed by atoms with Crippen molar-refractivity contribution in [3.05, 3.63) is 59.2 Å². The number of hydrogen-bond acceptors (Lipinski definition) is 0. The predicted molar refractivity (Wildman–Crippen MR) is 77.4 cm³/mol. The van der Waals surface area contributed by atoms with E-state index in [1.54, 1.807) is 5.57 Å². The summed E-state index contributed by atoms with van der Waals surface area (Å²) in [7, 11) is 0. The monoisotopic (exact) mass is 228 g/mol. The largest absolute Gasteiger partial charge is 0.0919 e. The van der Waals surface area contributed by atoms with Gasteiger partial charge in [-0.15, -0.1) is 0 Å². The molecule has 1 unspecified atom stereocenters. The Labute approximate surface area is 106 Å². The maximum atomic E-state index is 2.38. The Morgan fingerprint density at radius 1 is 1.18 bits per heavy atom. The number of benzene rings is 1. The Bertz CT molecular complexity index is 392. The minimum absolute atomic E-state index is 0.649. The molecule has 0 amide bonds. The fraction of sp³-hybridized carbons (Fsp3) is 0.412. The van der Waals surface area contributed by atoms with Crippen LogP contribution in [0.3, 0.4) is 0 Å². The van der Waals surface area contributed by atoms with Gasteiger partial charge >= 0.3 is 0 Å². The van der Waals surface area contributed by atoms with E-state index in [9.17, 15) is 0 Å². The number of fused-ring (bicyclic) bond motifs is 1. The summed E-state index contributed by atoms with van der Waals surface area (Å²) in [6, 6.07) is 8.80. The van der Waals surface area contributed by atoms with Crippen LogP contribution in [0.5, 0.6) is 0 Å². The fourth-order valence-corrected chi connectivity index (χ4v) is 2.20. The summed E-state index contributed by atoms with van der Waals surface area (Å²) in [6.45, 7) is 8.52.